The van der Waals surface area contributed by atoms with Crippen molar-refractivity contribution >= 4 is 29.1 Å². The van der Waals surface area contributed by atoms with Crippen LogP contribution in [0.5, 0.6) is 11.5 Å². The number of anilines is 1. The summed E-state index contributed by atoms with van der Waals surface area (Å²) in [4.78, 5) is 29.0. The first kappa shape index (κ1) is 20.5. The van der Waals surface area contributed by atoms with E-state index in [0.29, 0.717) is 22.2 Å². The van der Waals surface area contributed by atoms with E-state index in [1.54, 1.807) is 18.2 Å². The quantitative estimate of drug-likeness (QED) is 0.813. The first-order chi connectivity index (χ1) is 12.6. The van der Waals surface area contributed by atoms with Crippen LogP contribution in [0.1, 0.15) is 41.7 Å². The van der Waals surface area contributed by atoms with Crippen LogP contribution in [0.4, 0.5) is 5.69 Å². The lowest BCUT2D eigenvalue weighted by atomic mass is 10.1. The van der Waals surface area contributed by atoms with Gasteiger partial charge in [-0.2, -0.15) is 0 Å². The van der Waals surface area contributed by atoms with Crippen molar-refractivity contribution in [2.24, 2.45) is 0 Å². The van der Waals surface area contributed by atoms with Gasteiger partial charge in [-0.25, -0.2) is 4.98 Å². The average Bonchev–Trinajstić information content (AvgIpc) is 2.61. The standard InChI is InChI=1S/C19H22ClN3O4/c1-19(2,3)23-18(25)13-8-6-7-12(21-13)17(24)22-14-10-15(26-4)11(20)9-16(14)27-5/h6-10H,1-5H3,(H,22,24)(H,23,25). The van der Waals surface area contributed by atoms with Crippen LogP contribution >= 0.6 is 11.6 Å². The van der Waals surface area contributed by atoms with Crippen LogP contribution in [-0.4, -0.2) is 36.6 Å². The summed E-state index contributed by atoms with van der Waals surface area (Å²) in [7, 11) is 2.93. The number of hydrogen-bond acceptors (Lipinski definition) is 5. The van der Waals surface area contributed by atoms with Crippen LogP contribution in [0, 0.1) is 0 Å². The zero-order valence-corrected chi connectivity index (χ0v) is 16.6. The van der Waals surface area contributed by atoms with Crippen molar-refractivity contribution in [3.63, 3.8) is 0 Å². The Morgan fingerprint density at radius 3 is 2.15 bits per heavy atom. The Bertz CT molecular complexity index is 863. The van der Waals surface area contributed by atoms with E-state index in [4.69, 9.17) is 21.1 Å². The van der Waals surface area contributed by atoms with Gasteiger partial charge in [0.25, 0.3) is 11.8 Å². The van der Waals surface area contributed by atoms with Crippen molar-refractivity contribution in [2.75, 3.05) is 19.5 Å². The van der Waals surface area contributed by atoms with E-state index < -0.39 is 11.4 Å². The number of rotatable bonds is 5. The molecule has 2 aromatic rings. The number of amides is 2. The molecular formula is C19H22ClN3O4. The predicted molar refractivity (Wildman–Crippen MR) is 104 cm³/mol. The summed E-state index contributed by atoms with van der Waals surface area (Å²) >= 11 is 6.07. The van der Waals surface area contributed by atoms with Crippen LogP contribution in [-0.2, 0) is 0 Å². The van der Waals surface area contributed by atoms with Gasteiger partial charge in [0, 0.05) is 17.7 Å². The molecule has 144 valence electrons. The van der Waals surface area contributed by atoms with Crippen LogP contribution in [0.25, 0.3) is 0 Å². The van der Waals surface area contributed by atoms with Gasteiger partial charge in [-0.15, -0.1) is 0 Å². The first-order valence-electron chi connectivity index (χ1n) is 8.17. The Hall–Kier alpha value is -2.80. The van der Waals surface area contributed by atoms with Crippen molar-refractivity contribution in [3.8, 4) is 11.5 Å². The third kappa shape index (κ3) is 5.34. The summed E-state index contributed by atoms with van der Waals surface area (Å²) in [5.74, 6) is -0.0965. The van der Waals surface area contributed by atoms with Gasteiger partial charge < -0.3 is 20.1 Å². The molecule has 0 fully saturated rings. The summed E-state index contributed by atoms with van der Waals surface area (Å²) < 4.78 is 10.4. The number of halogens is 1. The van der Waals surface area contributed by atoms with Crippen LogP contribution < -0.4 is 20.1 Å². The van der Waals surface area contributed by atoms with Crippen LogP contribution in [0.15, 0.2) is 30.3 Å². The van der Waals surface area contributed by atoms with Crippen LogP contribution in [0.2, 0.25) is 5.02 Å². The molecule has 27 heavy (non-hydrogen) atoms. The summed E-state index contributed by atoms with van der Waals surface area (Å²) in [6, 6.07) is 7.75. The average molecular weight is 392 g/mol. The number of nitrogens with zero attached hydrogens (tertiary/aromatic N) is 1. The minimum atomic E-state index is -0.497. The highest BCUT2D eigenvalue weighted by Crippen LogP contribution is 2.36. The number of ether oxygens (including phenoxy) is 2. The van der Waals surface area contributed by atoms with Gasteiger partial charge in [-0.3, -0.25) is 9.59 Å². The molecule has 2 rings (SSSR count). The number of carbonyl (C=O) groups is 2. The minimum absolute atomic E-state index is 0.0903. The van der Waals surface area contributed by atoms with Gasteiger partial charge in [0.05, 0.1) is 24.9 Å². The van der Waals surface area contributed by atoms with Gasteiger partial charge in [-0.1, -0.05) is 17.7 Å². The fourth-order valence-electron chi connectivity index (χ4n) is 2.24. The van der Waals surface area contributed by atoms with E-state index in [-0.39, 0.29) is 17.3 Å². The molecular weight excluding hydrogens is 370 g/mol. The van der Waals surface area contributed by atoms with E-state index in [1.165, 1.54) is 26.4 Å². The van der Waals surface area contributed by atoms with Gasteiger partial charge in [-0.05, 0) is 32.9 Å². The van der Waals surface area contributed by atoms with E-state index in [2.05, 4.69) is 15.6 Å². The SMILES string of the molecule is COc1cc(NC(=O)c2cccc(C(=O)NC(C)(C)C)n2)c(OC)cc1Cl. The Morgan fingerprint density at radius 2 is 1.59 bits per heavy atom. The zero-order valence-electron chi connectivity index (χ0n) is 15.8. The maximum atomic E-state index is 12.6. The van der Waals surface area contributed by atoms with Crippen molar-refractivity contribution in [1.82, 2.24) is 10.3 Å². The third-order valence-corrected chi connectivity index (χ3v) is 3.72. The highest BCUT2D eigenvalue weighted by atomic mass is 35.5. The molecule has 8 heteroatoms. The van der Waals surface area contributed by atoms with Gasteiger partial charge in [0.15, 0.2) is 0 Å². The second-order valence-electron chi connectivity index (χ2n) is 6.75. The van der Waals surface area contributed by atoms with E-state index in [9.17, 15) is 9.59 Å². The molecule has 2 N–H and O–H groups in total. The maximum absolute atomic E-state index is 12.6. The highest BCUT2D eigenvalue weighted by molar-refractivity contribution is 6.32. The lowest BCUT2D eigenvalue weighted by Crippen LogP contribution is -2.41. The zero-order chi connectivity index (χ0) is 20.2. The van der Waals surface area contributed by atoms with Crippen molar-refractivity contribution in [1.29, 1.82) is 0 Å². The lowest BCUT2D eigenvalue weighted by molar-refractivity contribution is 0.0914. The second kappa shape index (κ2) is 8.26. The molecule has 0 saturated heterocycles. The molecule has 0 aliphatic heterocycles. The molecule has 0 aliphatic rings. The molecule has 7 nitrogen and oxygen atoms in total. The second-order valence-corrected chi connectivity index (χ2v) is 7.16. The Labute approximate surface area is 163 Å². The fourth-order valence-corrected chi connectivity index (χ4v) is 2.47. The van der Waals surface area contributed by atoms with Gasteiger partial charge in [0.2, 0.25) is 0 Å². The van der Waals surface area contributed by atoms with E-state index >= 15 is 0 Å². The molecule has 0 saturated carbocycles. The van der Waals surface area contributed by atoms with Gasteiger partial charge >= 0.3 is 0 Å². The molecule has 1 aromatic carbocycles. The Kier molecular flexibility index (Phi) is 6.28. The van der Waals surface area contributed by atoms with E-state index in [1.807, 2.05) is 20.8 Å². The summed E-state index contributed by atoms with van der Waals surface area (Å²) in [5.41, 5.74) is 0.199. The molecule has 0 radical (unpaired) electrons. The third-order valence-electron chi connectivity index (χ3n) is 3.43. The molecule has 1 heterocycles. The number of pyridine rings is 1. The fraction of sp³-hybridized carbons (Fsp3) is 0.316. The topological polar surface area (TPSA) is 89.5 Å². The summed E-state index contributed by atoms with van der Waals surface area (Å²) in [5, 5.41) is 5.86. The normalized spacial score (nSPS) is 10.9. The molecule has 0 unspecified atom stereocenters. The number of methoxy groups -OCH3 is 2. The van der Waals surface area contributed by atoms with Gasteiger partial charge in [0.1, 0.15) is 22.9 Å². The first-order valence-corrected chi connectivity index (χ1v) is 8.55. The molecule has 0 spiro atoms. The number of aromatic nitrogens is 1. The van der Waals surface area contributed by atoms with Crippen molar-refractivity contribution < 1.29 is 19.1 Å². The smallest absolute Gasteiger partial charge is 0.274 e. The number of hydrogen-bond donors (Lipinski definition) is 2. The molecule has 0 aliphatic carbocycles. The van der Waals surface area contributed by atoms with Crippen molar-refractivity contribution in [2.45, 2.75) is 26.3 Å². The molecule has 0 bridgehead atoms. The number of benzene rings is 1. The molecule has 0 atom stereocenters. The van der Waals surface area contributed by atoms with Crippen molar-refractivity contribution in [3.05, 3.63) is 46.7 Å². The molecule has 2 amide bonds. The largest absolute Gasteiger partial charge is 0.495 e. The Balaban J connectivity index is 2.27. The summed E-state index contributed by atoms with van der Waals surface area (Å²) in [6.07, 6.45) is 0. The number of nitrogens with one attached hydrogen (secondary N) is 2. The summed E-state index contributed by atoms with van der Waals surface area (Å²) in [6.45, 7) is 5.59. The minimum Gasteiger partial charge on any atom is -0.495 e. The monoisotopic (exact) mass is 391 g/mol. The Morgan fingerprint density at radius 1 is 1.00 bits per heavy atom. The van der Waals surface area contributed by atoms with Crippen LogP contribution in [0.3, 0.4) is 0 Å². The van der Waals surface area contributed by atoms with E-state index in [0.717, 1.165) is 0 Å². The predicted octanol–water partition coefficient (Wildman–Crippen LogP) is 3.53. The number of carbonyl (C=O) groups excluding carboxylic acids is 2. The lowest BCUT2D eigenvalue weighted by Gasteiger charge is -2.20. The highest BCUT2D eigenvalue weighted by Gasteiger charge is 2.19. The maximum Gasteiger partial charge on any atom is 0.274 e. The molecule has 1 aromatic heterocycles.